The zero-order valence-electron chi connectivity index (χ0n) is 14.8. The summed E-state index contributed by atoms with van der Waals surface area (Å²) in [6, 6.07) is 13.9. The Labute approximate surface area is 144 Å². The van der Waals surface area contributed by atoms with Gasteiger partial charge in [0.25, 0.3) is 5.91 Å². The predicted octanol–water partition coefficient (Wildman–Crippen LogP) is 4.65. The lowest BCUT2D eigenvalue weighted by Crippen LogP contribution is -2.16. The van der Waals surface area contributed by atoms with E-state index in [9.17, 15) is 4.79 Å². The molecule has 3 heteroatoms. The van der Waals surface area contributed by atoms with Crippen LogP contribution in [0.2, 0.25) is 0 Å². The van der Waals surface area contributed by atoms with E-state index in [0.717, 1.165) is 30.4 Å². The Morgan fingerprint density at radius 1 is 1.12 bits per heavy atom. The van der Waals surface area contributed by atoms with Crippen LogP contribution in [0.5, 0.6) is 5.75 Å². The zero-order valence-corrected chi connectivity index (χ0v) is 14.8. The summed E-state index contributed by atoms with van der Waals surface area (Å²) in [7, 11) is 0. The number of hydrogen-bond donors (Lipinski definition) is 1. The van der Waals surface area contributed by atoms with Crippen molar-refractivity contribution in [2.24, 2.45) is 11.7 Å². The molecular formula is C21H27NO2. The van der Waals surface area contributed by atoms with E-state index >= 15 is 0 Å². The molecule has 0 aliphatic heterocycles. The summed E-state index contributed by atoms with van der Waals surface area (Å²) < 4.78 is 5.89. The van der Waals surface area contributed by atoms with E-state index < -0.39 is 5.91 Å². The Kier molecular flexibility index (Phi) is 6.42. The highest BCUT2D eigenvalue weighted by Crippen LogP contribution is 2.25. The van der Waals surface area contributed by atoms with Crippen molar-refractivity contribution in [2.45, 2.75) is 46.6 Å². The number of hydrogen-bond acceptors (Lipinski definition) is 2. The molecule has 0 aliphatic carbocycles. The lowest BCUT2D eigenvalue weighted by atomic mass is 9.98. The van der Waals surface area contributed by atoms with Gasteiger partial charge < -0.3 is 10.5 Å². The van der Waals surface area contributed by atoms with E-state index in [1.165, 1.54) is 5.56 Å². The fourth-order valence-electron chi connectivity index (χ4n) is 2.73. The van der Waals surface area contributed by atoms with Gasteiger partial charge in [-0.1, -0.05) is 62.2 Å². The molecule has 2 aromatic carbocycles. The molecule has 2 rings (SSSR count). The molecule has 0 fully saturated rings. The smallest absolute Gasteiger partial charge is 0.252 e. The molecule has 0 saturated heterocycles. The summed E-state index contributed by atoms with van der Waals surface area (Å²) >= 11 is 0. The number of benzene rings is 2. The number of aryl methyl sites for hydroxylation is 2. The van der Waals surface area contributed by atoms with E-state index in [1.54, 1.807) is 0 Å². The fourth-order valence-corrected chi connectivity index (χ4v) is 2.73. The largest absolute Gasteiger partial charge is 0.488 e. The number of primary amides is 1. The summed E-state index contributed by atoms with van der Waals surface area (Å²) in [4.78, 5) is 11.9. The van der Waals surface area contributed by atoms with Gasteiger partial charge in [0.15, 0.2) is 0 Å². The quantitative estimate of drug-likeness (QED) is 0.768. The monoisotopic (exact) mass is 325 g/mol. The average Bonchev–Trinajstić information content (AvgIpc) is 2.53. The number of carbonyl (C=O) groups excluding carboxylic acids is 1. The van der Waals surface area contributed by atoms with E-state index in [-0.39, 0.29) is 0 Å². The van der Waals surface area contributed by atoms with Crippen molar-refractivity contribution in [1.29, 1.82) is 0 Å². The van der Waals surface area contributed by atoms with Crippen molar-refractivity contribution in [3.8, 4) is 5.75 Å². The molecule has 0 unspecified atom stereocenters. The highest BCUT2D eigenvalue weighted by atomic mass is 16.5. The lowest BCUT2D eigenvalue weighted by molar-refractivity contribution is 0.0995. The Balaban J connectivity index is 2.13. The molecule has 0 aromatic heterocycles. The second-order valence-electron chi connectivity index (χ2n) is 6.71. The Morgan fingerprint density at radius 2 is 1.83 bits per heavy atom. The maximum Gasteiger partial charge on any atom is 0.252 e. The van der Waals surface area contributed by atoms with Gasteiger partial charge in [-0.3, -0.25) is 4.79 Å². The maximum atomic E-state index is 11.9. The summed E-state index contributed by atoms with van der Waals surface area (Å²) in [6.45, 7) is 6.89. The van der Waals surface area contributed by atoms with Gasteiger partial charge in [0, 0.05) is 0 Å². The summed E-state index contributed by atoms with van der Waals surface area (Å²) in [5, 5.41) is 0. The van der Waals surface area contributed by atoms with Crippen LogP contribution in [0.25, 0.3) is 0 Å². The average molecular weight is 325 g/mol. The second-order valence-corrected chi connectivity index (χ2v) is 6.71. The van der Waals surface area contributed by atoms with Gasteiger partial charge in [0.1, 0.15) is 12.4 Å². The first kappa shape index (κ1) is 18.1. The SMILES string of the molecule is Cc1ccc(COc2cccc(CCCC(C)C)c2C(N)=O)cc1. The zero-order chi connectivity index (χ0) is 17.5. The number of ether oxygens (including phenoxy) is 1. The molecule has 2 N–H and O–H groups in total. The highest BCUT2D eigenvalue weighted by molar-refractivity contribution is 5.97. The van der Waals surface area contributed by atoms with Gasteiger partial charge >= 0.3 is 0 Å². The normalized spacial score (nSPS) is 10.8. The molecule has 0 aliphatic rings. The summed E-state index contributed by atoms with van der Waals surface area (Å²) in [5.41, 5.74) is 9.40. The molecular weight excluding hydrogens is 298 g/mol. The van der Waals surface area contributed by atoms with Crippen molar-refractivity contribution in [1.82, 2.24) is 0 Å². The highest BCUT2D eigenvalue weighted by Gasteiger charge is 2.15. The molecule has 0 atom stereocenters. The van der Waals surface area contributed by atoms with Crippen LogP contribution >= 0.6 is 0 Å². The number of carbonyl (C=O) groups is 1. The Bertz CT molecular complexity index is 675. The third-order valence-corrected chi connectivity index (χ3v) is 4.10. The molecule has 24 heavy (non-hydrogen) atoms. The van der Waals surface area contributed by atoms with Crippen LogP contribution in [-0.2, 0) is 13.0 Å². The third-order valence-electron chi connectivity index (χ3n) is 4.10. The van der Waals surface area contributed by atoms with Crippen molar-refractivity contribution in [3.63, 3.8) is 0 Å². The lowest BCUT2D eigenvalue weighted by Gasteiger charge is -2.14. The van der Waals surface area contributed by atoms with Gasteiger partial charge in [-0.25, -0.2) is 0 Å². The van der Waals surface area contributed by atoms with Gasteiger partial charge in [-0.05, 0) is 42.9 Å². The standard InChI is InChI=1S/C21H27NO2/c1-15(2)6-4-7-18-8-5-9-19(20(18)21(22)23)24-14-17-12-10-16(3)11-13-17/h5,8-13,15H,4,6-7,14H2,1-3H3,(H2,22,23). The first-order chi connectivity index (χ1) is 11.5. The minimum atomic E-state index is -0.422. The van der Waals surface area contributed by atoms with Crippen molar-refractivity contribution in [2.75, 3.05) is 0 Å². The second kappa shape index (κ2) is 8.53. The van der Waals surface area contributed by atoms with Crippen LogP contribution in [0.3, 0.4) is 0 Å². The predicted molar refractivity (Wildman–Crippen MR) is 98.2 cm³/mol. The molecule has 0 radical (unpaired) electrons. The maximum absolute atomic E-state index is 11.9. The van der Waals surface area contributed by atoms with E-state index in [4.69, 9.17) is 10.5 Å². The first-order valence-corrected chi connectivity index (χ1v) is 8.57. The molecule has 0 spiro atoms. The van der Waals surface area contributed by atoms with Crippen molar-refractivity contribution >= 4 is 5.91 Å². The van der Waals surface area contributed by atoms with E-state index in [0.29, 0.717) is 23.8 Å². The Morgan fingerprint density at radius 3 is 2.46 bits per heavy atom. The molecule has 128 valence electrons. The summed E-state index contributed by atoms with van der Waals surface area (Å²) in [6.07, 6.45) is 3.02. The molecule has 1 amide bonds. The number of nitrogens with two attached hydrogens (primary N) is 1. The van der Waals surface area contributed by atoms with Crippen LogP contribution in [-0.4, -0.2) is 5.91 Å². The fraction of sp³-hybridized carbons (Fsp3) is 0.381. The third kappa shape index (κ3) is 5.12. The molecule has 2 aromatic rings. The molecule has 0 heterocycles. The number of amides is 1. The van der Waals surface area contributed by atoms with E-state index in [2.05, 4.69) is 32.9 Å². The van der Waals surface area contributed by atoms with Crippen LogP contribution in [0, 0.1) is 12.8 Å². The van der Waals surface area contributed by atoms with Crippen LogP contribution in [0.1, 0.15) is 53.7 Å². The minimum Gasteiger partial charge on any atom is -0.488 e. The minimum absolute atomic E-state index is 0.422. The topological polar surface area (TPSA) is 52.3 Å². The van der Waals surface area contributed by atoms with Gasteiger partial charge in [0.05, 0.1) is 5.56 Å². The van der Waals surface area contributed by atoms with Gasteiger partial charge in [-0.2, -0.15) is 0 Å². The van der Waals surface area contributed by atoms with Gasteiger partial charge in [0.2, 0.25) is 0 Å². The molecule has 0 bridgehead atoms. The first-order valence-electron chi connectivity index (χ1n) is 8.57. The van der Waals surface area contributed by atoms with Crippen LogP contribution < -0.4 is 10.5 Å². The van der Waals surface area contributed by atoms with E-state index in [1.807, 2.05) is 30.3 Å². The Hall–Kier alpha value is -2.29. The van der Waals surface area contributed by atoms with Crippen LogP contribution in [0.15, 0.2) is 42.5 Å². The number of rotatable bonds is 8. The van der Waals surface area contributed by atoms with Crippen molar-refractivity contribution in [3.05, 3.63) is 64.7 Å². The van der Waals surface area contributed by atoms with Crippen molar-refractivity contribution < 1.29 is 9.53 Å². The molecule has 0 saturated carbocycles. The summed E-state index contributed by atoms with van der Waals surface area (Å²) in [5.74, 6) is 0.808. The molecule has 3 nitrogen and oxygen atoms in total. The van der Waals surface area contributed by atoms with Crippen LogP contribution in [0.4, 0.5) is 0 Å². The van der Waals surface area contributed by atoms with Gasteiger partial charge in [-0.15, -0.1) is 0 Å².